The normalized spacial score (nSPS) is 15.5. The van der Waals surface area contributed by atoms with Crippen molar-refractivity contribution in [3.05, 3.63) is 34.1 Å². The van der Waals surface area contributed by atoms with Crippen LogP contribution in [0, 0.1) is 0 Å². The number of aromatic amines is 1. The summed E-state index contributed by atoms with van der Waals surface area (Å²) in [4.78, 5) is 24.3. The molecule has 3 rings (SSSR count). The molecule has 0 aliphatic heterocycles. The van der Waals surface area contributed by atoms with Gasteiger partial charge in [-0.1, -0.05) is 19.3 Å². The van der Waals surface area contributed by atoms with Crippen molar-refractivity contribution in [2.24, 2.45) is 0 Å². The Balaban J connectivity index is 1.92. The van der Waals surface area contributed by atoms with Crippen LogP contribution in [0.4, 0.5) is 5.69 Å². The lowest BCUT2D eigenvalue weighted by molar-refractivity contribution is 0.0517. The van der Waals surface area contributed by atoms with Crippen LogP contribution in [0.5, 0.6) is 0 Å². The third-order valence-electron chi connectivity index (χ3n) is 4.21. The largest absolute Gasteiger partial charge is 0.461 e. The number of hydrogen-bond acceptors (Lipinski definition) is 5. The van der Waals surface area contributed by atoms with E-state index in [9.17, 15) is 9.59 Å². The van der Waals surface area contributed by atoms with E-state index in [-0.39, 0.29) is 12.3 Å². The summed E-state index contributed by atoms with van der Waals surface area (Å²) >= 11 is 0. The maximum Gasteiger partial charge on any atom is 0.362 e. The van der Waals surface area contributed by atoms with E-state index in [1.165, 1.54) is 19.3 Å². The standard InChI is InChI=1S/C17H21N3O3/c1-2-23-17(22)15-16(21)13-10-12(8-9-14(13)19-20-15)18-11-6-4-3-5-7-11/h8-11,18H,2-7H2,1H3,(H,19,21). The first-order valence-electron chi connectivity index (χ1n) is 8.15. The van der Waals surface area contributed by atoms with Gasteiger partial charge >= 0.3 is 5.97 Å². The number of hydrogen-bond donors (Lipinski definition) is 2. The summed E-state index contributed by atoms with van der Waals surface area (Å²) in [7, 11) is 0. The number of H-pyrrole nitrogens is 1. The van der Waals surface area contributed by atoms with E-state index in [2.05, 4.69) is 15.5 Å². The third kappa shape index (κ3) is 3.36. The maximum atomic E-state index is 12.5. The van der Waals surface area contributed by atoms with Crippen molar-refractivity contribution in [2.45, 2.75) is 45.1 Å². The zero-order chi connectivity index (χ0) is 16.2. The lowest BCUT2D eigenvalue weighted by Crippen LogP contribution is -2.23. The van der Waals surface area contributed by atoms with Crippen molar-refractivity contribution in [1.29, 1.82) is 0 Å². The van der Waals surface area contributed by atoms with Gasteiger partial charge < -0.3 is 10.1 Å². The average molecular weight is 315 g/mol. The molecule has 1 heterocycles. The van der Waals surface area contributed by atoms with E-state index in [0.29, 0.717) is 16.9 Å². The summed E-state index contributed by atoms with van der Waals surface area (Å²) < 4.78 is 4.87. The number of anilines is 1. The van der Waals surface area contributed by atoms with Gasteiger partial charge in [-0.3, -0.25) is 9.89 Å². The van der Waals surface area contributed by atoms with Crippen molar-refractivity contribution in [3.8, 4) is 0 Å². The SMILES string of the molecule is CCOC(=O)c1n[nH]c2ccc(NC3CCCCC3)cc2c1=O. The number of fused-ring (bicyclic) bond motifs is 1. The smallest absolute Gasteiger partial charge is 0.362 e. The summed E-state index contributed by atoms with van der Waals surface area (Å²) in [6.45, 7) is 1.90. The minimum Gasteiger partial charge on any atom is -0.461 e. The first-order valence-corrected chi connectivity index (χ1v) is 8.15. The van der Waals surface area contributed by atoms with Crippen LogP contribution in [0.1, 0.15) is 49.5 Å². The van der Waals surface area contributed by atoms with Gasteiger partial charge in [-0.15, -0.1) is 0 Å². The fraction of sp³-hybridized carbons (Fsp3) is 0.471. The lowest BCUT2D eigenvalue weighted by atomic mass is 9.95. The number of esters is 1. The summed E-state index contributed by atoms with van der Waals surface area (Å²) in [6, 6.07) is 5.97. The molecule has 0 unspecified atom stereocenters. The van der Waals surface area contributed by atoms with Crippen LogP contribution in [-0.4, -0.2) is 28.8 Å². The van der Waals surface area contributed by atoms with Crippen molar-refractivity contribution in [3.63, 3.8) is 0 Å². The molecule has 0 amide bonds. The van der Waals surface area contributed by atoms with Gasteiger partial charge in [-0.25, -0.2) is 4.79 Å². The monoisotopic (exact) mass is 315 g/mol. The summed E-state index contributed by atoms with van der Waals surface area (Å²) in [5.74, 6) is -0.693. The first-order chi connectivity index (χ1) is 11.2. The van der Waals surface area contributed by atoms with Crippen LogP contribution in [0.25, 0.3) is 10.9 Å². The highest BCUT2D eigenvalue weighted by Crippen LogP contribution is 2.23. The zero-order valence-corrected chi connectivity index (χ0v) is 13.2. The van der Waals surface area contributed by atoms with Crippen LogP contribution < -0.4 is 10.7 Å². The van der Waals surface area contributed by atoms with Gasteiger partial charge in [-0.2, -0.15) is 5.10 Å². The number of aromatic nitrogens is 2. The second-order valence-corrected chi connectivity index (χ2v) is 5.86. The van der Waals surface area contributed by atoms with E-state index in [4.69, 9.17) is 4.74 Å². The molecule has 1 aliphatic rings. The molecule has 0 saturated heterocycles. The Kier molecular flexibility index (Phi) is 4.60. The van der Waals surface area contributed by atoms with Crippen molar-refractivity contribution in [1.82, 2.24) is 10.2 Å². The highest BCUT2D eigenvalue weighted by molar-refractivity contribution is 5.92. The Bertz CT molecular complexity index is 763. The predicted molar refractivity (Wildman–Crippen MR) is 88.8 cm³/mol. The van der Waals surface area contributed by atoms with Crippen molar-refractivity contribution < 1.29 is 9.53 Å². The first kappa shape index (κ1) is 15.5. The van der Waals surface area contributed by atoms with E-state index >= 15 is 0 Å². The van der Waals surface area contributed by atoms with Gasteiger partial charge in [0, 0.05) is 11.7 Å². The number of ether oxygens (including phenoxy) is 1. The molecule has 0 bridgehead atoms. The van der Waals surface area contributed by atoms with Crippen molar-refractivity contribution in [2.75, 3.05) is 11.9 Å². The highest BCUT2D eigenvalue weighted by atomic mass is 16.5. The van der Waals surface area contributed by atoms with Gasteiger partial charge in [0.15, 0.2) is 0 Å². The lowest BCUT2D eigenvalue weighted by Gasteiger charge is -2.23. The molecule has 1 fully saturated rings. The molecular weight excluding hydrogens is 294 g/mol. The molecule has 2 aromatic rings. The number of benzene rings is 1. The van der Waals surface area contributed by atoms with Crippen molar-refractivity contribution >= 4 is 22.6 Å². The number of rotatable bonds is 4. The molecule has 1 aromatic heterocycles. The fourth-order valence-electron chi connectivity index (χ4n) is 3.03. The molecule has 6 heteroatoms. The van der Waals surface area contributed by atoms with E-state index in [1.807, 2.05) is 12.1 Å². The van der Waals surface area contributed by atoms with E-state index in [0.717, 1.165) is 18.5 Å². The molecular formula is C17H21N3O3. The quantitative estimate of drug-likeness (QED) is 0.848. The second-order valence-electron chi connectivity index (χ2n) is 5.86. The second kappa shape index (κ2) is 6.81. The van der Waals surface area contributed by atoms with Gasteiger partial charge in [0.25, 0.3) is 0 Å². The topological polar surface area (TPSA) is 84.1 Å². The average Bonchev–Trinajstić information content (AvgIpc) is 2.57. The zero-order valence-electron chi connectivity index (χ0n) is 13.2. The number of carbonyl (C=O) groups excluding carboxylic acids is 1. The Hall–Kier alpha value is -2.37. The van der Waals surface area contributed by atoms with E-state index < -0.39 is 11.4 Å². The Labute approximate surface area is 134 Å². The number of carbonyl (C=O) groups is 1. The van der Waals surface area contributed by atoms with Gasteiger partial charge in [0.1, 0.15) is 0 Å². The molecule has 6 nitrogen and oxygen atoms in total. The molecule has 1 aliphatic carbocycles. The molecule has 1 saturated carbocycles. The molecule has 0 spiro atoms. The predicted octanol–water partition coefficient (Wildman–Crippen LogP) is 2.84. The van der Waals surface area contributed by atoms with Gasteiger partial charge in [0.05, 0.1) is 17.5 Å². The molecule has 122 valence electrons. The Morgan fingerprint density at radius 2 is 2.13 bits per heavy atom. The molecule has 0 radical (unpaired) electrons. The molecule has 1 aromatic carbocycles. The van der Waals surface area contributed by atoms with Crippen LogP contribution in [0.15, 0.2) is 23.0 Å². The minimum absolute atomic E-state index is 0.200. The van der Waals surface area contributed by atoms with Gasteiger partial charge in [-0.05, 0) is 38.0 Å². The fourth-order valence-corrected chi connectivity index (χ4v) is 3.03. The van der Waals surface area contributed by atoms with Gasteiger partial charge in [0.2, 0.25) is 11.1 Å². The summed E-state index contributed by atoms with van der Waals surface area (Å²) in [6.07, 6.45) is 6.08. The molecule has 2 N–H and O–H groups in total. The molecule has 23 heavy (non-hydrogen) atoms. The van der Waals surface area contributed by atoms with E-state index in [1.54, 1.807) is 13.0 Å². The summed E-state index contributed by atoms with van der Waals surface area (Å²) in [5.41, 5.74) is 0.909. The Morgan fingerprint density at radius 3 is 2.87 bits per heavy atom. The molecule has 0 atom stereocenters. The van der Waals surface area contributed by atoms with Crippen LogP contribution in [0.2, 0.25) is 0 Å². The van der Waals surface area contributed by atoms with Crippen LogP contribution in [0.3, 0.4) is 0 Å². The van der Waals surface area contributed by atoms with Crippen LogP contribution in [-0.2, 0) is 4.74 Å². The number of nitrogens with one attached hydrogen (secondary N) is 2. The highest BCUT2D eigenvalue weighted by Gasteiger charge is 2.17. The van der Waals surface area contributed by atoms with Crippen LogP contribution >= 0.6 is 0 Å². The summed E-state index contributed by atoms with van der Waals surface area (Å²) in [5, 5.41) is 10.5. The third-order valence-corrected chi connectivity index (χ3v) is 4.21. The number of nitrogens with zero attached hydrogens (tertiary/aromatic N) is 1. The Morgan fingerprint density at radius 1 is 1.35 bits per heavy atom. The maximum absolute atomic E-state index is 12.5. The minimum atomic E-state index is -0.693.